The fourth-order valence-electron chi connectivity index (χ4n) is 2.26. The van der Waals surface area contributed by atoms with Crippen molar-refractivity contribution in [1.29, 1.82) is 0 Å². The van der Waals surface area contributed by atoms with E-state index in [0.717, 1.165) is 10.6 Å². The molecule has 0 fully saturated rings. The maximum Gasteiger partial charge on any atom is 0.271 e. The third-order valence-electron chi connectivity index (χ3n) is 3.52. The van der Waals surface area contributed by atoms with Gasteiger partial charge in [-0.1, -0.05) is 41.9 Å². The first kappa shape index (κ1) is 18.1. The van der Waals surface area contributed by atoms with Crippen LogP contribution in [-0.2, 0) is 11.2 Å². The summed E-state index contributed by atoms with van der Waals surface area (Å²) in [6.45, 7) is -0.132. The Morgan fingerprint density at radius 3 is 2.50 bits per heavy atom. The van der Waals surface area contributed by atoms with Gasteiger partial charge in [-0.25, -0.2) is 4.98 Å². The molecule has 0 aliphatic heterocycles. The highest BCUT2D eigenvalue weighted by atomic mass is 35.5. The summed E-state index contributed by atoms with van der Waals surface area (Å²) in [4.78, 5) is 28.4. The predicted molar refractivity (Wildman–Crippen MR) is 104 cm³/mol. The van der Waals surface area contributed by atoms with Crippen LogP contribution in [0.15, 0.2) is 60.0 Å². The Balaban J connectivity index is 1.50. The molecule has 0 spiro atoms. The maximum absolute atomic E-state index is 12.1. The van der Waals surface area contributed by atoms with Crippen molar-refractivity contribution in [3.05, 3.63) is 81.3 Å². The topological polar surface area (TPSA) is 71.1 Å². The summed E-state index contributed by atoms with van der Waals surface area (Å²) in [5.41, 5.74) is 2.07. The zero-order valence-corrected chi connectivity index (χ0v) is 15.3. The molecule has 0 bridgehead atoms. The minimum absolute atomic E-state index is 0.132. The first-order valence-electron chi connectivity index (χ1n) is 7.92. The second kappa shape index (κ2) is 8.60. The smallest absolute Gasteiger partial charge is 0.271 e. The number of aromatic nitrogens is 1. The van der Waals surface area contributed by atoms with Gasteiger partial charge in [-0.3, -0.25) is 9.59 Å². The average Bonchev–Trinajstić information content (AvgIpc) is 3.11. The Morgan fingerprint density at radius 2 is 1.77 bits per heavy atom. The van der Waals surface area contributed by atoms with Gasteiger partial charge in [0, 0.05) is 22.5 Å². The van der Waals surface area contributed by atoms with Crippen LogP contribution in [0.1, 0.15) is 21.1 Å². The van der Waals surface area contributed by atoms with Gasteiger partial charge in [0.15, 0.2) is 0 Å². The van der Waals surface area contributed by atoms with E-state index in [2.05, 4.69) is 15.6 Å². The number of hydrogen-bond acceptors (Lipinski definition) is 4. The van der Waals surface area contributed by atoms with Crippen molar-refractivity contribution in [3.63, 3.8) is 0 Å². The summed E-state index contributed by atoms with van der Waals surface area (Å²) in [6.07, 6.45) is 0.676. The molecule has 0 saturated carbocycles. The zero-order chi connectivity index (χ0) is 18.4. The summed E-state index contributed by atoms with van der Waals surface area (Å²) in [7, 11) is 0. The minimum atomic E-state index is -0.369. The van der Waals surface area contributed by atoms with Gasteiger partial charge in [-0.2, -0.15) is 0 Å². The van der Waals surface area contributed by atoms with E-state index in [0.29, 0.717) is 22.8 Å². The van der Waals surface area contributed by atoms with Crippen molar-refractivity contribution in [2.24, 2.45) is 0 Å². The Kier molecular flexibility index (Phi) is 5.99. The number of carbonyl (C=O) groups is 2. The van der Waals surface area contributed by atoms with Gasteiger partial charge >= 0.3 is 0 Å². The molecule has 1 heterocycles. The minimum Gasteiger partial charge on any atom is -0.342 e. The summed E-state index contributed by atoms with van der Waals surface area (Å²) in [5, 5.41) is 8.40. The summed E-state index contributed by atoms with van der Waals surface area (Å²) in [6, 6.07) is 16.7. The summed E-state index contributed by atoms with van der Waals surface area (Å²) >= 11 is 7.22. The van der Waals surface area contributed by atoms with Crippen LogP contribution >= 0.6 is 22.9 Å². The van der Waals surface area contributed by atoms with Crippen LogP contribution in [0.4, 0.5) is 5.69 Å². The normalized spacial score (nSPS) is 10.3. The van der Waals surface area contributed by atoms with Gasteiger partial charge in [0.2, 0.25) is 5.91 Å². The Hall–Kier alpha value is -2.70. The lowest BCUT2D eigenvalue weighted by molar-refractivity contribution is -0.115. The number of halogens is 1. The predicted octanol–water partition coefficient (Wildman–Crippen LogP) is 3.76. The first-order chi connectivity index (χ1) is 12.6. The Morgan fingerprint density at radius 1 is 1.04 bits per heavy atom. The van der Waals surface area contributed by atoms with E-state index < -0.39 is 0 Å². The van der Waals surface area contributed by atoms with E-state index in [4.69, 9.17) is 11.6 Å². The van der Waals surface area contributed by atoms with E-state index in [1.807, 2.05) is 30.3 Å². The van der Waals surface area contributed by atoms with Gasteiger partial charge < -0.3 is 10.6 Å². The molecule has 0 atom stereocenters. The molecule has 26 heavy (non-hydrogen) atoms. The number of benzene rings is 2. The lowest BCUT2D eigenvalue weighted by Gasteiger charge is -2.06. The molecule has 3 aromatic rings. The van der Waals surface area contributed by atoms with Gasteiger partial charge in [0.05, 0.1) is 11.6 Å². The second-order valence-corrected chi connectivity index (χ2v) is 6.91. The molecule has 7 heteroatoms. The number of anilines is 1. The molecule has 0 unspecified atom stereocenters. The number of carbonyl (C=O) groups excluding carboxylic acids is 2. The molecule has 2 aromatic carbocycles. The van der Waals surface area contributed by atoms with Crippen LogP contribution in [0.3, 0.4) is 0 Å². The molecule has 2 amide bonds. The molecule has 1 aromatic heterocycles. The standard InChI is InChI=1S/C19H16ClN3O2S/c20-14-6-8-15(9-7-14)22-17(24)11-21-19(25)16-12-26-18(23-16)10-13-4-2-1-3-5-13/h1-9,12H,10-11H2,(H,21,25)(H,22,24). The molecule has 2 N–H and O–H groups in total. The van der Waals surface area contributed by atoms with Crippen molar-refractivity contribution in [1.82, 2.24) is 10.3 Å². The van der Waals surface area contributed by atoms with E-state index in [1.165, 1.54) is 11.3 Å². The highest BCUT2D eigenvalue weighted by Crippen LogP contribution is 2.15. The van der Waals surface area contributed by atoms with E-state index in [1.54, 1.807) is 29.6 Å². The van der Waals surface area contributed by atoms with Crippen LogP contribution in [0.25, 0.3) is 0 Å². The molecule has 0 saturated heterocycles. The largest absolute Gasteiger partial charge is 0.342 e. The second-order valence-electron chi connectivity index (χ2n) is 5.53. The fraction of sp³-hybridized carbons (Fsp3) is 0.105. The van der Waals surface area contributed by atoms with Crippen molar-refractivity contribution in [2.75, 3.05) is 11.9 Å². The van der Waals surface area contributed by atoms with E-state index >= 15 is 0 Å². The van der Waals surface area contributed by atoms with Crippen LogP contribution in [0.2, 0.25) is 5.02 Å². The van der Waals surface area contributed by atoms with Crippen molar-refractivity contribution < 1.29 is 9.59 Å². The summed E-state index contributed by atoms with van der Waals surface area (Å²) in [5.74, 6) is -0.688. The molecule has 5 nitrogen and oxygen atoms in total. The van der Waals surface area contributed by atoms with Crippen molar-refractivity contribution in [3.8, 4) is 0 Å². The molecule has 0 aliphatic carbocycles. The molecular weight excluding hydrogens is 370 g/mol. The van der Waals surface area contributed by atoms with Gasteiger partial charge in [-0.15, -0.1) is 11.3 Å². The molecule has 3 rings (SSSR count). The fourth-order valence-corrected chi connectivity index (χ4v) is 3.19. The molecule has 0 radical (unpaired) electrons. The van der Waals surface area contributed by atoms with Crippen LogP contribution < -0.4 is 10.6 Å². The number of amides is 2. The van der Waals surface area contributed by atoms with Gasteiger partial charge in [0.25, 0.3) is 5.91 Å². The van der Waals surface area contributed by atoms with Gasteiger partial charge in [-0.05, 0) is 29.8 Å². The lowest BCUT2D eigenvalue weighted by Crippen LogP contribution is -2.33. The first-order valence-corrected chi connectivity index (χ1v) is 9.18. The zero-order valence-electron chi connectivity index (χ0n) is 13.7. The van der Waals surface area contributed by atoms with E-state index in [-0.39, 0.29) is 18.4 Å². The highest BCUT2D eigenvalue weighted by Gasteiger charge is 2.12. The van der Waals surface area contributed by atoms with Crippen molar-refractivity contribution in [2.45, 2.75) is 6.42 Å². The third kappa shape index (κ3) is 5.15. The van der Waals surface area contributed by atoms with Gasteiger partial charge in [0.1, 0.15) is 5.69 Å². The Bertz CT molecular complexity index is 895. The van der Waals surface area contributed by atoms with E-state index in [9.17, 15) is 9.59 Å². The maximum atomic E-state index is 12.1. The number of nitrogens with zero attached hydrogens (tertiary/aromatic N) is 1. The molecule has 0 aliphatic rings. The number of nitrogens with one attached hydrogen (secondary N) is 2. The monoisotopic (exact) mass is 385 g/mol. The third-order valence-corrected chi connectivity index (χ3v) is 4.62. The number of hydrogen-bond donors (Lipinski definition) is 2. The van der Waals surface area contributed by atoms with Crippen LogP contribution in [0, 0.1) is 0 Å². The average molecular weight is 386 g/mol. The van der Waals surface area contributed by atoms with Crippen LogP contribution in [-0.4, -0.2) is 23.3 Å². The highest BCUT2D eigenvalue weighted by molar-refractivity contribution is 7.09. The number of thiazole rings is 1. The quantitative estimate of drug-likeness (QED) is 0.678. The SMILES string of the molecule is O=C(CNC(=O)c1csc(Cc2ccccc2)n1)Nc1ccc(Cl)cc1. The van der Waals surface area contributed by atoms with Crippen LogP contribution in [0.5, 0.6) is 0 Å². The summed E-state index contributed by atoms with van der Waals surface area (Å²) < 4.78 is 0. The Labute approximate surface area is 160 Å². The molecule has 132 valence electrons. The van der Waals surface area contributed by atoms with Crippen molar-refractivity contribution >= 4 is 40.4 Å². The molecular formula is C19H16ClN3O2S. The lowest BCUT2D eigenvalue weighted by atomic mass is 10.2. The number of rotatable bonds is 6.